The fourth-order valence-electron chi connectivity index (χ4n) is 2.49. The number of benzene rings is 3. The Morgan fingerprint density at radius 1 is 0.852 bits per heavy atom. The molecule has 1 amide bonds. The minimum atomic E-state index is -0.907. The summed E-state index contributed by atoms with van der Waals surface area (Å²) in [4.78, 5) is 24.5. The van der Waals surface area contributed by atoms with E-state index in [4.69, 9.17) is 4.74 Å². The zero-order chi connectivity index (χ0) is 19.2. The number of carbonyl (C=O) groups is 2. The molecule has 5 heteroatoms. The molecule has 0 aromatic heterocycles. The molecule has 136 valence electrons. The normalized spacial score (nSPS) is 11.5. The summed E-state index contributed by atoms with van der Waals surface area (Å²) in [6, 6.07) is 24.2. The highest BCUT2D eigenvalue weighted by Crippen LogP contribution is 2.20. The fraction of sp³-hybridized carbons (Fsp3) is 0.0909. The molecule has 0 aliphatic rings. The van der Waals surface area contributed by atoms with E-state index < -0.39 is 12.1 Å². The van der Waals surface area contributed by atoms with Crippen molar-refractivity contribution in [2.24, 2.45) is 0 Å². The molecule has 0 saturated carbocycles. The van der Waals surface area contributed by atoms with Crippen molar-refractivity contribution < 1.29 is 14.3 Å². The number of ether oxygens (including phenoxy) is 1. The summed E-state index contributed by atoms with van der Waals surface area (Å²) < 4.78 is 6.20. The van der Waals surface area contributed by atoms with Gasteiger partial charge in [0.1, 0.15) is 0 Å². The van der Waals surface area contributed by atoms with Crippen LogP contribution < -0.4 is 5.32 Å². The van der Waals surface area contributed by atoms with Crippen LogP contribution in [0.5, 0.6) is 0 Å². The van der Waals surface area contributed by atoms with Crippen molar-refractivity contribution in [1.82, 2.24) is 0 Å². The lowest BCUT2D eigenvalue weighted by Gasteiger charge is -2.14. The zero-order valence-corrected chi connectivity index (χ0v) is 16.3. The number of halogens is 1. The van der Waals surface area contributed by atoms with Gasteiger partial charge in [-0.15, -0.1) is 0 Å². The number of esters is 1. The minimum absolute atomic E-state index is 0.383. The fourth-order valence-corrected chi connectivity index (χ4v) is 2.75. The van der Waals surface area contributed by atoms with Gasteiger partial charge in [-0.2, -0.15) is 0 Å². The number of amides is 1. The molecule has 3 aromatic carbocycles. The van der Waals surface area contributed by atoms with E-state index in [0.717, 1.165) is 15.6 Å². The smallest absolute Gasteiger partial charge is 0.338 e. The van der Waals surface area contributed by atoms with E-state index in [0.29, 0.717) is 11.3 Å². The maximum Gasteiger partial charge on any atom is 0.338 e. The second kappa shape index (κ2) is 8.64. The predicted molar refractivity (Wildman–Crippen MR) is 110 cm³/mol. The number of carbonyl (C=O) groups excluding carboxylic acids is 2. The lowest BCUT2D eigenvalue weighted by Crippen LogP contribution is -2.29. The van der Waals surface area contributed by atoms with Gasteiger partial charge in [0.25, 0.3) is 5.91 Å². The van der Waals surface area contributed by atoms with Gasteiger partial charge in [-0.25, -0.2) is 4.79 Å². The third-order valence-electron chi connectivity index (χ3n) is 3.99. The first-order chi connectivity index (χ1) is 13.0. The van der Waals surface area contributed by atoms with Crippen LogP contribution in [0.15, 0.2) is 83.3 Å². The molecule has 0 heterocycles. The molecule has 1 unspecified atom stereocenters. The molecule has 1 atom stereocenters. The van der Waals surface area contributed by atoms with Crippen LogP contribution in [0.1, 0.15) is 17.3 Å². The Morgan fingerprint density at radius 2 is 1.44 bits per heavy atom. The number of anilines is 1. The van der Waals surface area contributed by atoms with Gasteiger partial charge in [0.2, 0.25) is 0 Å². The topological polar surface area (TPSA) is 55.4 Å². The summed E-state index contributed by atoms with van der Waals surface area (Å²) >= 11 is 3.34. The molecule has 0 bridgehead atoms. The monoisotopic (exact) mass is 423 g/mol. The Balaban J connectivity index is 1.60. The van der Waals surface area contributed by atoms with Gasteiger partial charge < -0.3 is 10.1 Å². The van der Waals surface area contributed by atoms with Gasteiger partial charge in [-0.1, -0.05) is 58.4 Å². The van der Waals surface area contributed by atoms with Crippen LogP contribution in [0.2, 0.25) is 0 Å². The van der Waals surface area contributed by atoms with Crippen LogP contribution in [0.3, 0.4) is 0 Å². The Kier molecular flexibility index (Phi) is 6.04. The summed E-state index contributed by atoms with van der Waals surface area (Å²) in [5.41, 5.74) is 3.11. The Labute approximate surface area is 166 Å². The van der Waals surface area contributed by atoms with Gasteiger partial charge in [0, 0.05) is 10.2 Å². The standard InChI is InChI=1S/C22H18BrNO3/c1-15(21(25)24-20-13-11-19(23)12-14-20)27-22(26)18-9-7-17(8-10-18)16-5-3-2-4-6-16/h2-15H,1H3,(H,24,25). The molecule has 27 heavy (non-hydrogen) atoms. The third-order valence-corrected chi connectivity index (χ3v) is 4.52. The van der Waals surface area contributed by atoms with E-state index in [-0.39, 0.29) is 5.91 Å². The van der Waals surface area contributed by atoms with Crippen molar-refractivity contribution >= 4 is 33.5 Å². The van der Waals surface area contributed by atoms with Crippen molar-refractivity contribution in [1.29, 1.82) is 0 Å². The Bertz CT molecular complexity index is 922. The predicted octanol–water partition coefficient (Wildman–Crippen LogP) is 5.30. The Hall–Kier alpha value is -2.92. The molecule has 0 spiro atoms. The first kappa shape index (κ1) is 18.9. The summed E-state index contributed by atoms with van der Waals surface area (Å²) in [7, 11) is 0. The van der Waals surface area contributed by atoms with Gasteiger partial charge in [-0.05, 0) is 54.4 Å². The summed E-state index contributed by atoms with van der Waals surface area (Å²) in [5.74, 6) is -0.917. The molecular weight excluding hydrogens is 406 g/mol. The lowest BCUT2D eigenvalue weighted by molar-refractivity contribution is -0.123. The van der Waals surface area contributed by atoms with Crippen molar-refractivity contribution in [3.05, 3.63) is 88.9 Å². The van der Waals surface area contributed by atoms with Crippen molar-refractivity contribution in [2.75, 3.05) is 5.32 Å². The minimum Gasteiger partial charge on any atom is -0.449 e. The van der Waals surface area contributed by atoms with Crippen molar-refractivity contribution in [3.8, 4) is 11.1 Å². The quantitative estimate of drug-likeness (QED) is 0.566. The number of hydrogen-bond donors (Lipinski definition) is 1. The van der Waals surface area contributed by atoms with E-state index in [1.165, 1.54) is 0 Å². The average Bonchev–Trinajstić information content (AvgIpc) is 2.70. The van der Waals surface area contributed by atoms with Crippen molar-refractivity contribution in [2.45, 2.75) is 13.0 Å². The van der Waals surface area contributed by atoms with Crippen molar-refractivity contribution in [3.63, 3.8) is 0 Å². The SMILES string of the molecule is CC(OC(=O)c1ccc(-c2ccccc2)cc1)C(=O)Nc1ccc(Br)cc1. The zero-order valence-electron chi connectivity index (χ0n) is 14.7. The molecule has 0 aliphatic carbocycles. The average molecular weight is 424 g/mol. The number of nitrogens with one attached hydrogen (secondary N) is 1. The number of rotatable bonds is 5. The highest BCUT2D eigenvalue weighted by Gasteiger charge is 2.19. The van der Waals surface area contributed by atoms with Crippen LogP contribution >= 0.6 is 15.9 Å². The van der Waals surface area contributed by atoms with Crippen LogP contribution in [-0.2, 0) is 9.53 Å². The third kappa shape index (κ3) is 5.05. The van der Waals surface area contributed by atoms with Crippen LogP contribution in [-0.4, -0.2) is 18.0 Å². The highest BCUT2D eigenvalue weighted by atomic mass is 79.9. The lowest BCUT2D eigenvalue weighted by atomic mass is 10.0. The van der Waals surface area contributed by atoms with Gasteiger partial charge in [0.15, 0.2) is 6.10 Å². The van der Waals surface area contributed by atoms with Crippen LogP contribution in [0.4, 0.5) is 5.69 Å². The second-order valence-electron chi connectivity index (χ2n) is 5.99. The molecular formula is C22H18BrNO3. The first-order valence-electron chi connectivity index (χ1n) is 8.46. The first-order valence-corrected chi connectivity index (χ1v) is 9.25. The molecule has 3 rings (SSSR count). The van der Waals surface area contributed by atoms with E-state index in [1.54, 1.807) is 31.2 Å². The van der Waals surface area contributed by atoms with Gasteiger partial charge >= 0.3 is 5.97 Å². The maximum atomic E-state index is 12.3. The molecule has 1 N–H and O–H groups in total. The molecule has 0 saturated heterocycles. The van der Waals surface area contributed by atoms with Gasteiger partial charge in [-0.3, -0.25) is 4.79 Å². The van der Waals surface area contributed by atoms with E-state index in [9.17, 15) is 9.59 Å². The second-order valence-corrected chi connectivity index (χ2v) is 6.90. The van der Waals surface area contributed by atoms with Gasteiger partial charge in [0.05, 0.1) is 5.56 Å². The Morgan fingerprint density at radius 3 is 2.07 bits per heavy atom. The maximum absolute atomic E-state index is 12.3. The van der Waals surface area contributed by atoms with E-state index >= 15 is 0 Å². The highest BCUT2D eigenvalue weighted by molar-refractivity contribution is 9.10. The largest absolute Gasteiger partial charge is 0.449 e. The van der Waals surface area contributed by atoms with E-state index in [2.05, 4.69) is 21.2 Å². The molecule has 0 radical (unpaired) electrons. The van der Waals surface area contributed by atoms with Crippen LogP contribution in [0.25, 0.3) is 11.1 Å². The molecule has 3 aromatic rings. The summed E-state index contributed by atoms with van der Waals surface area (Å²) in [5, 5.41) is 2.72. The van der Waals surface area contributed by atoms with Crippen LogP contribution in [0, 0.1) is 0 Å². The number of hydrogen-bond acceptors (Lipinski definition) is 3. The summed E-state index contributed by atoms with van der Waals surface area (Å²) in [6.07, 6.45) is -0.907. The summed E-state index contributed by atoms with van der Waals surface area (Å²) in [6.45, 7) is 1.55. The molecule has 4 nitrogen and oxygen atoms in total. The molecule has 0 aliphatic heterocycles. The van der Waals surface area contributed by atoms with E-state index in [1.807, 2.05) is 54.6 Å². The molecule has 0 fully saturated rings.